The highest BCUT2D eigenvalue weighted by Gasteiger charge is 2.44. The van der Waals surface area contributed by atoms with Gasteiger partial charge in [0.15, 0.2) is 5.79 Å². The van der Waals surface area contributed by atoms with Gasteiger partial charge in [-0.15, -0.1) is 0 Å². The van der Waals surface area contributed by atoms with Crippen molar-refractivity contribution in [2.45, 2.75) is 30.3 Å². The molecule has 2 unspecified atom stereocenters. The first-order chi connectivity index (χ1) is 4.81. The lowest BCUT2D eigenvalue weighted by Crippen LogP contribution is -2.42. The lowest BCUT2D eigenvalue weighted by atomic mass is 10.2. The molecule has 2 rings (SSSR count). The molecule has 1 saturated carbocycles. The maximum atomic E-state index is 9.77. The first kappa shape index (κ1) is 6.95. The summed E-state index contributed by atoms with van der Waals surface area (Å²) in [4.78, 5) is 0. The standard InChI is InChI=1S/C7H12O2S/c8-7-3-1-2-6(7)10-5-4-9-7/h6,8H,1-5H2. The third kappa shape index (κ3) is 0.966. The van der Waals surface area contributed by atoms with Gasteiger partial charge in [-0.05, 0) is 12.8 Å². The summed E-state index contributed by atoms with van der Waals surface area (Å²) < 4.78 is 5.32. The predicted molar refractivity (Wildman–Crippen MR) is 41.0 cm³/mol. The minimum atomic E-state index is -0.747. The van der Waals surface area contributed by atoms with Gasteiger partial charge in [0.1, 0.15) is 0 Å². The Labute approximate surface area is 64.9 Å². The van der Waals surface area contributed by atoms with E-state index in [0.29, 0.717) is 5.25 Å². The van der Waals surface area contributed by atoms with Gasteiger partial charge in [-0.25, -0.2) is 0 Å². The van der Waals surface area contributed by atoms with Crippen LogP contribution in [0.2, 0.25) is 0 Å². The molecule has 1 heterocycles. The molecule has 2 fully saturated rings. The molecule has 58 valence electrons. The molecule has 0 spiro atoms. The first-order valence-electron chi connectivity index (χ1n) is 3.79. The van der Waals surface area contributed by atoms with E-state index in [2.05, 4.69) is 0 Å². The smallest absolute Gasteiger partial charge is 0.177 e. The molecule has 0 aromatic carbocycles. The summed E-state index contributed by atoms with van der Waals surface area (Å²) in [6, 6.07) is 0. The topological polar surface area (TPSA) is 29.5 Å². The summed E-state index contributed by atoms with van der Waals surface area (Å²) in [6.07, 6.45) is 3.08. The molecule has 1 N–H and O–H groups in total. The van der Waals surface area contributed by atoms with E-state index in [1.165, 1.54) is 0 Å². The Bertz CT molecular complexity index is 140. The summed E-state index contributed by atoms with van der Waals surface area (Å²) in [5.74, 6) is 0.301. The Morgan fingerprint density at radius 2 is 2.50 bits per heavy atom. The molecule has 2 nitrogen and oxygen atoms in total. The summed E-state index contributed by atoms with van der Waals surface area (Å²) in [5, 5.41) is 10.1. The van der Waals surface area contributed by atoms with Crippen molar-refractivity contribution in [3.05, 3.63) is 0 Å². The van der Waals surface area contributed by atoms with Crippen LogP contribution in [0.3, 0.4) is 0 Å². The van der Waals surface area contributed by atoms with Gasteiger partial charge in [0.2, 0.25) is 0 Å². The van der Waals surface area contributed by atoms with Crippen molar-refractivity contribution < 1.29 is 9.84 Å². The number of thioether (sulfide) groups is 1. The Morgan fingerprint density at radius 1 is 1.60 bits per heavy atom. The van der Waals surface area contributed by atoms with Gasteiger partial charge in [0, 0.05) is 12.2 Å². The molecule has 2 atom stereocenters. The van der Waals surface area contributed by atoms with Crippen LogP contribution in [-0.2, 0) is 4.74 Å². The molecule has 1 aliphatic heterocycles. The largest absolute Gasteiger partial charge is 0.365 e. The van der Waals surface area contributed by atoms with E-state index >= 15 is 0 Å². The van der Waals surface area contributed by atoms with E-state index in [4.69, 9.17) is 4.74 Å². The summed E-state index contributed by atoms with van der Waals surface area (Å²) in [7, 11) is 0. The Balaban J connectivity index is 2.10. The van der Waals surface area contributed by atoms with Gasteiger partial charge in [0.05, 0.1) is 11.9 Å². The Kier molecular flexibility index (Phi) is 1.66. The van der Waals surface area contributed by atoms with Crippen LogP contribution in [-0.4, -0.2) is 28.5 Å². The Hall–Kier alpha value is 0.270. The Morgan fingerprint density at radius 3 is 3.30 bits per heavy atom. The number of hydrogen-bond acceptors (Lipinski definition) is 3. The quantitative estimate of drug-likeness (QED) is 0.573. The monoisotopic (exact) mass is 160 g/mol. The highest BCUT2D eigenvalue weighted by Crippen LogP contribution is 2.41. The van der Waals surface area contributed by atoms with Crippen molar-refractivity contribution >= 4 is 11.8 Å². The number of hydrogen-bond donors (Lipinski definition) is 1. The minimum absolute atomic E-state index is 0.362. The average molecular weight is 160 g/mol. The highest BCUT2D eigenvalue weighted by molar-refractivity contribution is 8.00. The highest BCUT2D eigenvalue weighted by atomic mass is 32.2. The molecule has 2 aliphatic rings. The third-order valence-corrected chi connectivity index (χ3v) is 3.67. The van der Waals surface area contributed by atoms with Gasteiger partial charge in [0.25, 0.3) is 0 Å². The van der Waals surface area contributed by atoms with Gasteiger partial charge in [-0.2, -0.15) is 11.8 Å². The fourth-order valence-electron chi connectivity index (χ4n) is 1.71. The zero-order valence-corrected chi connectivity index (χ0v) is 6.69. The van der Waals surface area contributed by atoms with E-state index in [0.717, 1.165) is 31.6 Å². The van der Waals surface area contributed by atoms with E-state index in [1.807, 2.05) is 11.8 Å². The molecule has 0 aromatic heterocycles. The molecular weight excluding hydrogens is 148 g/mol. The number of rotatable bonds is 0. The van der Waals surface area contributed by atoms with Crippen LogP contribution >= 0.6 is 11.8 Å². The normalized spacial score (nSPS) is 47.1. The molecule has 10 heavy (non-hydrogen) atoms. The number of aliphatic hydroxyl groups is 1. The summed E-state index contributed by atoms with van der Waals surface area (Å²) >= 11 is 1.86. The van der Waals surface area contributed by atoms with E-state index in [1.54, 1.807) is 0 Å². The lowest BCUT2D eigenvalue weighted by molar-refractivity contribution is -0.193. The van der Waals surface area contributed by atoms with Crippen molar-refractivity contribution in [3.8, 4) is 0 Å². The van der Waals surface area contributed by atoms with Crippen LogP contribution in [0.4, 0.5) is 0 Å². The van der Waals surface area contributed by atoms with Gasteiger partial charge in [-0.1, -0.05) is 0 Å². The second-order valence-electron chi connectivity index (χ2n) is 2.94. The van der Waals surface area contributed by atoms with Crippen molar-refractivity contribution in [3.63, 3.8) is 0 Å². The summed E-state index contributed by atoms with van der Waals surface area (Å²) in [5.41, 5.74) is 0. The van der Waals surface area contributed by atoms with Crippen LogP contribution in [0.15, 0.2) is 0 Å². The number of ether oxygens (including phenoxy) is 1. The second kappa shape index (κ2) is 2.40. The molecule has 1 saturated heterocycles. The molecule has 0 radical (unpaired) electrons. The molecule has 0 aromatic rings. The molecule has 1 aliphatic carbocycles. The average Bonchev–Trinajstić information content (AvgIpc) is 2.29. The van der Waals surface area contributed by atoms with Crippen molar-refractivity contribution in [2.24, 2.45) is 0 Å². The van der Waals surface area contributed by atoms with Gasteiger partial charge in [-0.3, -0.25) is 0 Å². The SMILES string of the molecule is OC12CCCC1SCCO2. The zero-order valence-electron chi connectivity index (χ0n) is 5.88. The maximum Gasteiger partial charge on any atom is 0.177 e. The van der Waals surface area contributed by atoms with Crippen LogP contribution in [0.1, 0.15) is 19.3 Å². The van der Waals surface area contributed by atoms with Crippen LogP contribution in [0.25, 0.3) is 0 Å². The number of fused-ring (bicyclic) bond motifs is 1. The van der Waals surface area contributed by atoms with Crippen molar-refractivity contribution in [1.29, 1.82) is 0 Å². The molecule has 3 heteroatoms. The fraction of sp³-hybridized carbons (Fsp3) is 1.00. The van der Waals surface area contributed by atoms with Gasteiger partial charge >= 0.3 is 0 Å². The molecule has 0 bridgehead atoms. The lowest BCUT2D eigenvalue weighted by Gasteiger charge is -2.33. The second-order valence-corrected chi connectivity index (χ2v) is 4.26. The van der Waals surface area contributed by atoms with Crippen molar-refractivity contribution in [1.82, 2.24) is 0 Å². The molecular formula is C7H12O2S. The van der Waals surface area contributed by atoms with Crippen LogP contribution in [0, 0.1) is 0 Å². The minimum Gasteiger partial charge on any atom is -0.365 e. The first-order valence-corrected chi connectivity index (χ1v) is 4.84. The van der Waals surface area contributed by atoms with E-state index in [-0.39, 0.29) is 0 Å². The zero-order chi connectivity index (χ0) is 7.03. The maximum absolute atomic E-state index is 9.77. The van der Waals surface area contributed by atoms with Crippen LogP contribution in [0.5, 0.6) is 0 Å². The van der Waals surface area contributed by atoms with E-state index in [9.17, 15) is 5.11 Å². The van der Waals surface area contributed by atoms with Crippen LogP contribution < -0.4 is 0 Å². The van der Waals surface area contributed by atoms with E-state index < -0.39 is 5.79 Å². The fourth-order valence-corrected chi connectivity index (χ4v) is 2.96. The van der Waals surface area contributed by atoms with Crippen molar-refractivity contribution in [2.75, 3.05) is 12.4 Å². The predicted octanol–water partition coefficient (Wildman–Crippen LogP) is 0.991. The third-order valence-electron chi connectivity index (χ3n) is 2.26. The van der Waals surface area contributed by atoms with Gasteiger partial charge < -0.3 is 9.84 Å². The summed E-state index contributed by atoms with van der Waals surface area (Å²) in [6.45, 7) is 0.720. The molecule has 0 amide bonds.